The third-order valence-electron chi connectivity index (χ3n) is 11.7. The van der Waals surface area contributed by atoms with Crippen molar-refractivity contribution in [3.8, 4) is 0 Å². The maximum Gasteiger partial charge on any atom is 0.472 e. The average Bonchev–Trinajstić information content (AvgIpc) is 3.28. The zero-order chi connectivity index (χ0) is 46.7. The Morgan fingerprint density at radius 1 is 0.469 bits per heavy atom. The monoisotopic (exact) mass is 924 g/mol. The van der Waals surface area contributed by atoms with Gasteiger partial charge in [0.15, 0.2) is 6.10 Å². The first-order chi connectivity index (χ1) is 31.3. The first kappa shape index (κ1) is 62.2. The van der Waals surface area contributed by atoms with E-state index in [4.69, 9.17) is 24.3 Å². The lowest BCUT2D eigenvalue weighted by Crippen LogP contribution is -2.29. The van der Waals surface area contributed by atoms with Crippen LogP contribution in [0.3, 0.4) is 0 Å². The molecule has 0 saturated heterocycles. The number of nitrogens with two attached hydrogens (primary N) is 1. The summed E-state index contributed by atoms with van der Waals surface area (Å²) < 4.78 is 32.9. The molecule has 0 amide bonds. The normalized spacial score (nSPS) is 13.4. The summed E-state index contributed by atoms with van der Waals surface area (Å²) in [5, 5.41) is 0. The minimum Gasteiger partial charge on any atom is -0.462 e. The lowest BCUT2D eigenvalue weighted by molar-refractivity contribution is -0.161. The molecule has 64 heavy (non-hydrogen) atoms. The second-order valence-corrected chi connectivity index (χ2v) is 19.5. The van der Waals surface area contributed by atoms with Gasteiger partial charge in [0.05, 0.1) is 13.2 Å². The van der Waals surface area contributed by atoms with Crippen molar-refractivity contribution in [1.29, 1.82) is 0 Å². The third kappa shape index (κ3) is 49.7. The molecule has 10 heteroatoms. The van der Waals surface area contributed by atoms with E-state index in [1.54, 1.807) is 0 Å². The van der Waals surface area contributed by atoms with Crippen molar-refractivity contribution in [3.05, 3.63) is 36.5 Å². The van der Waals surface area contributed by atoms with Crippen LogP contribution in [-0.2, 0) is 32.7 Å². The Kier molecular flexibility index (Phi) is 49.2. The molecule has 0 rings (SSSR count). The molecule has 0 aliphatic rings. The van der Waals surface area contributed by atoms with Crippen molar-refractivity contribution < 1.29 is 37.6 Å². The van der Waals surface area contributed by atoms with E-state index in [1.165, 1.54) is 173 Å². The summed E-state index contributed by atoms with van der Waals surface area (Å²) in [7, 11) is -4.39. The Bertz CT molecular complexity index is 1140. The molecule has 3 N–H and O–H groups in total. The second-order valence-electron chi connectivity index (χ2n) is 18.1. The van der Waals surface area contributed by atoms with Crippen molar-refractivity contribution in [2.24, 2.45) is 5.73 Å². The average molecular weight is 924 g/mol. The van der Waals surface area contributed by atoms with Gasteiger partial charge >= 0.3 is 19.8 Å². The Balaban J connectivity index is 3.95. The number of rotatable bonds is 51. The summed E-state index contributed by atoms with van der Waals surface area (Å²) in [6.07, 6.45) is 59.1. The lowest BCUT2D eigenvalue weighted by Gasteiger charge is -2.19. The fraction of sp³-hybridized carbons (Fsp3) is 0.852. The molecule has 0 bridgehead atoms. The zero-order valence-corrected chi connectivity index (χ0v) is 42.7. The highest BCUT2D eigenvalue weighted by Gasteiger charge is 2.26. The van der Waals surface area contributed by atoms with E-state index in [2.05, 4.69) is 50.3 Å². The largest absolute Gasteiger partial charge is 0.472 e. The summed E-state index contributed by atoms with van der Waals surface area (Å²) in [5.74, 6) is -0.834. The predicted octanol–water partition coefficient (Wildman–Crippen LogP) is 16.5. The Labute approximate surface area is 394 Å². The van der Waals surface area contributed by atoms with Crippen molar-refractivity contribution in [1.82, 2.24) is 0 Å². The number of phosphoric ester groups is 1. The fourth-order valence-corrected chi connectivity index (χ4v) is 8.49. The molecular weight excluding hydrogens is 822 g/mol. The number of unbranched alkanes of at least 4 members (excludes halogenated alkanes) is 32. The molecule has 0 aliphatic carbocycles. The topological polar surface area (TPSA) is 134 Å². The number of carbonyl (C=O) groups excluding carboxylic acids is 2. The molecule has 0 aromatic heterocycles. The molecule has 0 saturated carbocycles. The minimum atomic E-state index is -4.39. The smallest absolute Gasteiger partial charge is 0.462 e. The van der Waals surface area contributed by atoms with Crippen molar-refractivity contribution in [3.63, 3.8) is 0 Å². The van der Waals surface area contributed by atoms with Crippen LogP contribution in [0.25, 0.3) is 0 Å². The molecule has 0 radical (unpaired) electrons. The SMILES string of the molecule is CCCCCC/C=C\C/C=C\CCCCCCCC(=O)OC(COC(=O)CCCCCCCCCCCCCCCCC/C=C\CCCCCCCCCC)COP(=O)(O)OCCN. The minimum absolute atomic E-state index is 0.0516. The van der Waals surface area contributed by atoms with Crippen LogP contribution in [0.5, 0.6) is 0 Å². The zero-order valence-electron chi connectivity index (χ0n) is 41.8. The molecule has 0 aromatic carbocycles. The fourth-order valence-electron chi connectivity index (χ4n) is 7.72. The Morgan fingerprint density at radius 3 is 1.22 bits per heavy atom. The predicted molar refractivity (Wildman–Crippen MR) is 270 cm³/mol. The quantitative estimate of drug-likeness (QED) is 0.0265. The standard InChI is InChI=1S/C54H102NO8P/c1-3-5-7-9-11-13-15-17-19-21-22-23-24-25-26-27-28-29-30-31-33-34-36-38-40-42-44-46-53(56)60-50-52(51-62-64(58,59)61-49-48-55)63-54(57)47-45-43-41-39-37-35-32-20-18-16-14-12-10-8-6-4-2/h14,16,20-22,32,52H,3-13,15,17-19,23-31,33-51,55H2,1-2H3,(H,58,59)/b16-14-,22-21-,32-20-. The molecule has 376 valence electrons. The van der Waals surface area contributed by atoms with E-state index in [-0.39, 0.29) is 38.6 Å². The van der Waals surface area contributed by atoms with Gasteiger partial charge in [0.25, 0.3) is 0 Å². The highest BCUT2D eigenvalue weighted by atomic mass is 31.2. The number of esters is 2. The number of carbonyl (C=O) groups is 2. The van der Waals surface area contributed by atoms with Crippen LogP contribution in [0.15, 0.2) is 36.5 Å². The van der Waals surface area contributed by atoms with Gasteiger partial charge in [-0.1, -0.05) is 217 Å². The van der Waals surface area contributed by atoms with Gasteiger partial charge in [-0.15, -0.1) is 0 Å². The molecule has 0 fully saturated rings. The summed E-state index contributed by atoms with van der Waals surface area (Å²) >= 11 is 0. The second kappa shape index (κ2) is 50.6. The summed E-state index contributed by atoms with van der Waals surface area (Å²) in [4.78, 5) is 35.1. The number of hydrogen-bond acceptors (Lipinski definition) is 8. The molecule has 0 aliphatic heterocycles. The van der Waals surface area contributed by atoms with E-state index < -0.39 is 26.5 Å². The molecule has 0 spiro atoms. The van der Waals surface area contributed by atoms with E-state index in [0.29, 0.717) is 6.42 Å². The van der Waals surface area contributed by atoms with E-state index in [1.807, 2.05) is 0 Å². The van der Waals surface area contributed by atoms with Crippen molar-refractivity contribution >= 4 is 19.8 Å². The summed E-state index contributed by atoms with van der Waals surface area (Å²) in [6, 6.07) is 0. The highest BCUT2D eigenvalue weighted by Crippen LogP contribution is 2.43. The van der Waals surface area contributed by atoms with Gasteiger partial charge in [-0.2, -0.15) is 0 Å². The molecular formula is C54H102NO8P. The van der Waals surface area contributed by atoms with Gasteiger partial charge in [0, 0.05) is 19.4 Å². The maximum absolute atomic E-state index is 12.6. The molecule has 0 aromatic rings. The van der Waals surface area contributed by atoms with Crippen LogP contribution in [0.4, 0.5) is 0 Å². The van der Waals surface area contributed by atoms with Crippen LogP contribution in [-0.4, -0.2) is 49.3 Å². The van der Waals surface area contributed by atoms with Gasteiger partial charge in [0.1, 0.15) is 6.61 Å². The highest BCUT2D eigenvalue weighted by molar-refractivity contribution is 7.47. The van der Waals surface area contributed by atoms with Crippen LogP contribution < -0.4 is 5.73 Å². The number of ether oxygens (including phenoxy) is 2. The van der Waals surface area contributed by atoms with Crippen LogP contribution in [0.2, 0.25) is 0 Å². The van der Waals surface area contributed by atoms with E-state index in [9.17, 15) is 19.0 Å². The first-order valence-electron chi connectivity index (χ1n) is 27.0. The molecule has 2 unspecified atom stereocenters. The van der Waals surface area contributed by atoms with Gasteiger partial charge in [-0.25, -0.2) is 4.57 Å². The van der Waals surface area contributed by atoms with E-state index >= 15 is 0 Å². The molecule has 0 heterocycles. The first-order valence-corrected chi connectivity index (χ1v) is 28.5. The third-order valence-corrected chi connectivity index (χ3v) is 12.7. The van der Waals surface area contributed by atoms with Crippen molar-refractivity contribution in [2.45, 2.75) is 270 Å². The Hall–Kier alpha value is -1.77. The van der Waals surface area contributed by atoms with E-state index in [0.717, 1.165) is 57.8 Å². The van der Waals surface area contributed by atoms with Crippen molar-refractivity contribution in [2.75, 3.05) is 26.4 Å². The Morgan fingerprint density at radius 2 is 0.812 bits per heavy atom. The van der Waals surface area contributed by atoms with Gasteiger partial charge in [0.2, 0.25) is 0 Å². The lowest BCUT2D eigenvalue weighted by atomic mass is 10.0. The number of allylic oxidation sites excluding steroid dienone is 6. The maximum atomic E-state index is 12.6. The van der Waals surface area contributed by atoms with Gasteiger partial charge in [-0.3, -0.25) is 18.6 Å². The number of phosphoric acid groups is 1. The van der Waals surface area contributed by atoms with Gasteiger partial charge < -0.3 is 20.1 Å². The van der Waals surface area contributed by atoms with Crippen LogP contribution in [0.1, 0.15) is 264 Å². The molecule has 2 atom stereocenters. The number of hydrogen-bond donors (Lipinski definition) is 2. The van der Waals surface area contributed by atoms with Crippen LogP contribution >= 0.6 is 7.82 Å². The summed E-state index contributed by atoms with van der Waals surface area (Å²) in [5.41, 5.74) is 5.37. The van der Waals surface area contributed by atoms with Gasteiger partial charge in [-0.05, 0) is 70.6 Å². The molecule has 9 nitrogen and oxygen atoms in total. The summed E-state index contributed by atoms with van der Waals surface area (Å²) in [6.45, 7) is 3.74. The van der Waals surface area contributed by atoms with Crippen LogP contribution in [0, 0.1) is 0 Å².